The molecular weight excluding hydrogens is 296 g/mol. The molecule has 23 heavy (non-hydrogen) atoms. The van der Waals surface area contributed by atoms with Crippen LogP contribution in [0.4, 0.5) is 0 Å². The van der Waals surface area contributed by atoms with Crippen LogP contribution in [0.1, 0.15) is 49.0 Å². The molecule has 2 N–H and O–H groups in total. The van der Waals surface area contributed by atoms with Gasteiger partial charge < -0.3 is 19.7 Å². The second-order valence-corrected chi connectivity index (χ2v) is 7.22. The topological polar surface area (TPSA) is 76.0 Å². The van der Waals surface area contributed by atoms with E-state index in [1.807, 2.05) is 6.92 Å². The summed E-state index contributed by atoms with van der Waals surface area (Å²) >= 11 is 0. The minimum Gasteiger partial charge on any atom is -0.496 e. The van der Waals surface area contributed by atoms with Crippen molar-refractivity contribution in [2.45, 2.75) is 56.8 Å². The third-order valence-corrected chi connectivity index (χ3v) is 5.55. The summed E-state index contributed by atoms with van der Waals surface area (Å²) in [7, 11) is 1.60. The van der Waals surface area contributed by atoms with Crippen LogP contribution in [0.2, 0.25) is 0 Å². The van der Waals surface area contributed by atoms with E-state index < -0.39 is 17.3 Å². The van der Waals surface area contributed by atoms with E-state index in [1.165, 1.54) is 0 Å². The van der Waals surface area contributed by atoms with Crippen molar-refractivity contribution in [2.24, 2.45) is 5.92 Å². The van der Waals surface area contributed by atoms with Gasteiger partial charge in [-0.1, -0.05) is 0 Å². The smallest absolute Gasteiger partial charge is 0.153 e. The average molecular weight is 320 g/mol. The first kappa shape index (κ1) is 16.3. The number of carbonyl (C=O) groups is 1. The molecule has 1 saturated carbocycles. The largest absolute Gasteiger partial charge is 0.496 e. The number of aliphatic hydroxyl groups is 2. The molecule has 2 aliphatic rings. The Labute approximate surface area is 136 Å². The van der Waals surface area contributed by atoms with Crippen LogP contribution in [0.3, 0.4) is 0 Å². The number of aliphatic hydroxyl groups excluding tert-OH is 1. The summed E-state index contributed by atoms with van der Waals surface area (Å²) in [5, 5.41) is 20.4. The average Bonchev–Trinajstić information content (AvgIpc) is 2.87. The van der Waals surface area contributed by atoms with Crippen LogP contribution in [0.25, 0.3) is 0 Å². The molecule has 0 bridgehead atoms. The van der Waals surface area contributed by atoms with Crippen LogP contribution >= 0.6 is 0 Å². The van der Waals surface area contributed by atoms with Gasteiger partial charge in [-0.2, -0.15) is 0 Å². The lowest BCUT2D eigenvalue weighted by Crippen LogP contribution is -2.51. The van der Waals surface area contributed by atoms with Crippen LogP contribution in [0.15, 0.2) is 12.1 Å². The Morgan fingerprint density at radius 1 is 1.39 bits per heavy atom. The minimum atomic E-state index is -1.04. The van der Waals surface area contributed by atoms with E-state index in [9.17, 15) is 15.0 Å². The Bertz CT molecular complexity index is 624. The molecule has 0 spiro atoms. The van der Waals surface area contributed by atoms with E-state index >= 15 is 0 Å². The highest BCUT2D eigenvalue weighted by Crippen LogP contribution is 2.49. The quantitative estimate of drug-likeness (QED) is 0.834. The summed E-state index contributed by atoms with van der Waals surface area (Å²) in [5.74, 6) is 1.42. The molecule has 1 aromatic carbocycles. The molecule has 126 valence electrons. The Morgan fingerprint density at radius 3 is 2.74 bits per heavy atom. The fraction of sp³-hybridized carbons (Fsp3) is 0.611. The zero-order chi connectivity index (χ0) is 16.8. The van der Waals surface area contributed by atoms with Crippen molar-refractivity contribution in [3.63, 3.8) is 0 Å². The molecule has 1 aliphatic carbocycles. The molecule has 0 amide bonds. The highest BCUT2D eigenvalue weighted by molar-refractivity contribution is 5.82. The molecule has 5 nitrogen and oxygen atoms in total. The van der Waals surface area contributed by atoms with Gasteiger partial charge in [0.25, 0.3) is 0 Å². The highest BCUT2D eigenvalue weighted by atomic mass is 16.5. The van der Waals surface area contributed by atoms with Crippen LogP contribution in [0.5, 0.6) is 11.5 Å². The second-order valence-electron chi connectivity index (χ2n) is 7.22. The Morgan fingerprint density at radius 2 is 2.13 bits per heavy atom. The molecule has 1 heterocycles. The van der Waals surface area contributed by atoms with Gasteiger partial charge in [0, 0.05) is 17.9 Å². The van der Waals surface area contributed by atoms with E-state index in [0.717, 1.165) is 24.0 Å². The summed E-state index contributed by atoms with van der Waals surface area (Å²) in [5.41, 5.74) is -0.116. The Hall–Kier alpha value is -1.59. The molecule has 3 rings (SSSR count). The first-order chi connectivity index (χ1) is 10.8. The van der Waals surface area contributed by atoms with Crippen LogP contribution in [0, 0.1) is 5.92 Å². The zero-order valence-electron chi connectivity index (χ0n) is 13.8. The van der Waals surface area contributed by atoms with Crippen LogP contribution in [-0.4, -0.2) is 40.9 Å². The van der Waals surface area contributed by atoms with Crippen molar-refractivity contribution < 1.29 is 24.5 Å². The third-order valence-electron chi connectivity index (χ3n) is 5.55. The monoisotopic (exact) mass is 320 g/mol. The van der Waals surface area contributed by atoms with Gasteiger partial charge in [0.05, 0.1) is 24.4 Å². The van der Waals surface area contributed by atoms with Crippen LogP contribution in [-0.2, 0) is 6.42 Å². The maximum atomic E-state index is 11.3. The molecule has 1 aromatic rings. The molecule has 4 atom stereocenters. The van der Waals surface area contributed by atoms with Gasteiger partial charge in [0.15, 0.2) is 6.29 Å². The summed E-state index contributed by atoms with van der Waals surface area (Å²) in [6.45, 7) is 3.69. The predicted molar refractivity (Wildman–Crippen MR) is 85.1 cm³/mol. The standard InChI is InChI=1S/C18H24O5/c1-17(21)7-6-12(8-15(17)20)18(2)9-13-14(22-3)5-4-11(10-19)16(13)23-18/h4-5,10,12,15,20-21H,6-9H2,1-3H3/t12-,15-,17+,18?/m1/s1. The first-order valence-corrected chi connectivity index (χ1v) is 8.05. The number of methoxy groups -OCH3 is 1. The van der Waals surface area contributed by atoms with Crippen molar-refractivity contribution in [1.82, 2.24) is 0 Å². The summed E-state index contributed by atoms with van der Waals surface area (Å²) in [6, 6.07) is 3.50. The molecule has 1 unspecified atom stereocenters. The summed E-state index contributed by atoms with van der Waals surface area (Å²) < 4.78 is 11.6. The van der Waals surface area contributed by atoms with Gasteiger partial charge in [-0.25, -0.2) is 0 Å². The lowest BCUT2D eigenvalue weighted by atomic mass is 9.70. The predicted octanol–water partition coefficient (Wildman–Crippen LogP) is 2.11. The van der Waals surface area contributed by atoms with E-state index in [2.05, 4.69) is 0 Å². The Balaban J connectivity index is 1.90. The van der Waals surface area contributed by atoms with E-state index in [-0.39, 0.29) is 5.92 Å². The van der Waals surface area contributed by atoms with Crippen molar-refractivity contribution in [2.75, 3.05) is 7.11 Å². The second kappa shape index (κ2) is 5.49. The number of hydrogen-bond donors (Lipinski definition) is 2. The fourth-order valence-corrected chi connectivity index (χ4v) is 3.88. The maximum absolute atomic E-state index is 11.3. The lowest BCUT2D eigenvalue weighted by Gasteiger charge is -2.43. The van der Waals surface area contributed by atoms with Gasteiger partial charge in [0.1, 0.15) is 17.1 Å². The SMILES string of the molecule is COc1ccc(C=O)c2c1CC(C)([C@@H]1CC[C@](C)(O)[C@H](O)C1)O2. The molecule has 0 radical (unpaired) electrons. The number of hydrogen-bond acceptors (Lipinski definition) is 5. The van der Waals surface area contributed by atoms with Crippen molar-refractivity contribution in [3.05, 3.63) is 23.3 Å². The molecule has 1 fully saturated rings. The third kappa shape index (κ3) is 2.62. The Kier molecular flexibility index (Phi) is 3.89. The van der Waals surface area contributed by atoms with Gasteiger partial charge in [-0.3, -0.25) is 4.79 Å². The van der Waals surface area contributed by atoms with Crippen molar-refractivity contribution in [1.29, 1.82) is 0 Å². The highest BCUT2D eigenvalue weighted by Gasteiger charge is 2.49. The van der Waals surface area contributed by atoms with Gasteiger partial charge >= 0.3 is 0 Å². The van der Waals surface area contributed by atoms with Crippen LogP contribution < -0.4 is 9.47 Å². The molecular formula is C18H24O5. The van der Waals surface area contributed by atoms with Crippen molar-refractivity contribution >= 4 is 6.29 Å². The number of carbonyl (C=O) groups excluding carboxylic acids is 1. The molecule has 0 saturated heterocycles. The summed E-state index contributed by atoms with van der Waals surface area (Å²) in [4.78, 5) is 11.3. The number of ether oxygens (including phenoxy) is 2. The molecule has 5 heteroatoms. The van der Waals surface area contributed by atoms with Crippen molar-refractivity contribution in [3.8, 4) is 11.5 Å². The maximum Gasteiger partial charge on any atom is 0.153 e. The van der Waals surface area contributed by atoms with Gasteiger partial charge in [-0.15, -0.1) is 0 Å². The fourth-order valence-electron chi connectivity index (χ4n) is 3.88. The van der Waals surface area contributed by atoms with Gasteiger partial charge in [0.2, 0.25) is 0 Å². The number of rotatable bonds is 3. The number of aldehydes is 1. The number of fused-ring (bicyclic) bond motifs is 1. The van der Waals surface area contributed by atoms with E-state index in [0.29, 0.717) is 30.6 Å². The molecule has 1 aliphatic heterocycles. The van der Waals surface area contributed by atoms with Gasteiger partial charge in [-0.05, 0) is 45.2 Å². The van der Waals surface area contributed by atoms with E-state index in [4.69, 9.17) is 9.47 Å². The summed E-state index contributed by atoms with van der Waals surface area (Å²) in [6.07, 6.45) is 2.45. The normalized spacial score (nSPS) is 36.2. The van der Waals surface area contributed by atoms with E-state index in [1.54, 1.807) is 26.2 Å². The molecule has 0 aromatic heterocycles. The zero-order valence-corrected chi connectivity index (χ0v) is 13.8. The first-order valence-electron chi connectivity index (χ1n) is 8.05. The minimum absolute atomic E-state index is 0.106. The lowest BCUT2D eigenvalue weighted by molar-refractivity contribution is -0.121. The number of benzene rings is 1.